The fourth-order valence-corrected chi connectivity index (χ4v) is 5.85. The summed E-state index contributed by atoms with van der Waals surface area (Å²) in [5.41, 5.74) is 1.56. The lowest BCUT2D eigenvalue weighted by atomic mass is 9.53. The predicted molar refractivity (Wildman–Crippen MR) is 93.8 cm³/mol. The molecule has 1 aromatic carbocycles. The molecule has 24 heavy (non-hydrogen) atoms. The summed E-state index contributed by atoms with van der Waals surface area (Å²) < 4.78 is 16.4. The van der Waals surface area contributed by atoms with Crippen molar-refractivity contribution in [2.45, 2.75) is 50.6 Å². The fourth-order valence-electron chi connectivity index (χ4n) is 5.85. The Kier molecular flexibility index (Phi) is 4.11. The Hall–Kier alpha value is -1.42. The van der Waals surface area contributed by atoms with Crippen LogP contribution in [0.3, 0.4) is 0 Å². The summed E-state index contributed by atoms with van der Waals surface area (Å²) in [5, 5.41) is 3.93. The molecule has 0 heterocycles. The van der Waals surface area contributed by atoms with Gasteiger partial charge in [0.25, 0.3) is 0 Å². The average Bonchev–Trinajstić information content (AvgIpc) is 2.57. The number of hydrogen-bond donors (Lipinski definition) is 1. The second-order valence-corrected chi connectivity index (χ2v) is 8.09. The van der Waals surface area contributed by atoms with Crippen LogP contribution >= 0.6 is 0 Å². The van der Waals surface area contributed by atoms with Gasteiger partial charge in [0.15, 0.2) is 11.5 Å². The fraction of sp³-hybridized carbons (Fsp3) is 0.700. The molecule has 4 fully saturated rings. The number of nitrogens with one attached hydrogen (secondary N) is 1. The van der Waals surface area contributed by atoms with Crippen LogP contribution in [-0.2, 0) is 6.54 Å². The van der Waals surface area contributed by atoms with Gasteiger partial charge in [-0.1, -0.05) is 0 Å². The summed E-state index contributed by atoms with van der Waals surface area (Å²) in [5.74, 6) is 5.02. The van der Waals surface area contributed by atoms with E-state index in [9.17, 15) is 0 Å². The average molecular weight is 331 g/mol. The number of benzene rings is 1. The molecule has 4 nitrogen and oxygen atoms in total. The molecule has 0 unspecified atom stereocenters. The van der Waals surface area contributed by atoms with E-state index in [0.717, 1.165) is 35.8 Å². The minimum atomic E-state index is 0.370. The number of ether oxygens (including phenoxy) is 3. The van der Waals surface area contributed by atoms with Gasteiger partial charge in [0.2, 0.25) is 5.75 Å². The second-order valence-electron chi connectivity index (χ2n) is 8.09. The lowest BCUT2D eigenvalue weighted by Crippen LogP contribution is -2.58. The molecule has 1 N–H and O–H groups in total. The van der Waals surface area contributed by atoms with Crippen molar-refractivity contribution in [1.29, 1.82) is 0 Å². The van der Waals surface area contributed by atoms with Gasteiger partial charge in [-0.15, -0.1) is 0 Å². The van der Waals surface area contributed by atoms with E-state index in [4.69, 9.17) is 14.2 Å². The lowest BCUT2D eigenvalue weighted by Gasteiger charge is -2.57. The molecule has 0 spiro atoms. The van der Waals surface area contributed by atoms with Crippen LogP contribution < -0.4 is 19.5 Å². The van der Waals surface area contributed by atoms with Crippen LogP contribution in [-0.4, -0.2) is 26.9 Å². The number of methoxy groups -OCH3 is 3. The molecule has 0 atom stereocenters. The molecule has 132 valence electrons. The molecule has 4 aliphatic carbocycles. The first-order chi connectivity index (χ1) is 11.6. The molecular formula is C20H29NO3. The maximum Gasteiger partial charge on any atom is 0.203 e. The van der Waals surface area contributed by atoms with Gasteiger partial charge >= 0.3 is 0 Å². The predicted octanol–water partition coefficient (Wildman–Crippen LogP) is 3.77. The van der Waals surface area contributed by atoms with Crippen molar-refractivity contribution in [1.82, 2.24) is 5.32 Å². The van der Waals surface area contributed by atoms with E-state index in [-0.39, 0.29) is 0 Å². The van der Waals surface area contributed by atoms with Crippen LogP contribution in [0.25, 0.3) is 0 Å². The van der Waals surface area contributed by atoms with Gasteiger partial charge in [-0.3, -0.25) is 0 Å². The molecule has 0 aliphatic heterocycles. The van der Waals surface area contributed by atoms with Gasteiger partial charge in [-0.2, -0.15) is 0 Å². The molecule has 0 amide bonds. The van der Waals surface area contributed by atoms with Crippen LogP contribution in [0.4, 0.5) is 0 Å². The monoisotopic (exact) mass is 331 g/mol. The number of hydrogen-bond acceptors (Lipinski definition) is 4. The third kappa shape index (κ3) is 2.75. The zero-order valence-corrected chi connectivity index (χ0v) is 15.1. The molecule has 4 saturated carbocycles. The second kappa shape index (κ2) is 6.14. The standard InChI is InChI=1S/C20H29NO3/c1-22-17-7-16(8-18(23-2)19(17)24-3)12-21-20-9-13-4-14(10-20)6-15(5-13)11-20/h7-8,13-15,21H,4-6,9-12H2,1-3H3. The Morgan fingerprint density at radius 1 is 0.875 bits per heavy atom. The summed E-state index contributed by atoms with van der Waals surface area (Å²) in [6, 6.07) is 4.13. The first kappa shape index (κ1) is 16.1. The normalized spacial score (nSPS) is 33.5. The van der Waals surface area contributed by atoms with Crippen molar-refractivity contribution >= 4 is 0 Å². The summed E-state index contributed by atoms with van der Waals surface area (Å²) in [4.78, 5) is 0. The zero-order valence-electron chi connectivity index (χ0n) is 15.1. The van der Waals surface area contributed by atoms with Crippen LogP contribution in [0, 0.1) is 17.8 Å². The van der Waals surface area contributed by atoms with Crippen molar-refractivity contribution in [2.24, 2.45) is 17.8 Å². The highest BCUT2D eigenvalue weighted by Gasteiger charge is 2.50. The Balaban J connectivity index is 1.52. The maximum absolute atomic E-state index is 5.48. The first-order valence-electron chi connectivity index (χ1n) is 9.18. The summed E-state index contributed by atoms with van der Waals surface area (Å²) >= 11 is 0. The zero-order chi connectivity index (χ0) is 16.7. The van der Waals surface area contributed by atoms with Gasteiger partial charge < -0.3 is 19.5 Å². The first-order valence-corrected chi connectivity index (χ1v) is 9.18. The van der Waals surface area contributed by atoms with Crippen molar-refractivity contribution in [3.05, 3.63) is 17.7 Å². The summed E-state index contributed by atoms with van der Waals surface area (Å²) in [6.07, 6.45) is 8.53. The van der Waals surface area contributed by atoms with Crippen molar-refractivity contribution in [3.63, 3.8) is 0 Å². The van der Waals surface area contributed by atoms with Crippen molar-refractivity contribution < 1.29 is 14.2 Å². The third-order valence-electron chi connectivity index (χ3n) is 6.43. The van der Waals surface area contributed by atoms with Crippen LogP contribution in [0.5, 0.6) is 17.2 Å². The van der Waals surface area contributed by atoms with E-state index in [1.165, 1.54) is 44.1 Å². The SMILES string of the molecule is COc1cc(CNC23CC4CC(CC(C4)C2)C3)cc(OC)c1OC. The number of rotatable bonds is 6. The Labute approximate surface area is 144 Å². The summed E-state index contributed by atoms with van der Waals surface area (Å²) in [7, 11) is 4.99. The Morgan fingerprint density at radius 2 is 1.38 bits per heavy atom. The highest BCUT2D eigenvalue weighted by Crippen LogP contribution is 2.55. The van der Waals surface area contributed by atoms with Gasteiger partial charge in [0, 0.05) is 12.1 Å². The largest absolute Gasteiger partial charge is 0.493 e. The minimum absolute atomic E-state index is 0.370. The highest BCUT2D eigenvalue weighted by molar-refractivity contribution is 5.53. The van der Waals surface area contributed by atoms with Gasteiger partial charge in [-0.05, 0) is 74.0 Å². The molecule has 1 aromatic rings. The van der Waals surface area contributed by atoms with E-state index in [1.54, 1.807) is 21.3 Å². The van der Waals surface area contributed by atoms with E-state index in [0.29, 0.717) is 11.3 Å². The lowest BCUT2D eigenvalue weighted by molar-refractivity contribution is -0.0206. The topological polar surface area (TPSA) is 39.7 Å². The van der Waals surface area contributed by atoms with E-state index < -0.39 is 0 Å². The maximum atomic E-state index is 5.48. The Bertz CT molecular complexity index is 553. The molecule has 0 saturated heterocycles. The quantitative estimate of drug-likeness (QED) is 0.861. The van der Waals surface area contributed by atoms with Crippen LogP contribution in [0.2, 0.25) is 0 Å². The minimum Gasteiger partial charge on any atom is -0.493 e. The molecule has 4 heteroatoms. The highest BCUT2D eigenvalue weighted by atomic mass is 16.5. The smallest absolute Gasteiger partial charge is 0.203 e. The van der Waals surface area contributed by atoms with Gasteiger partial charge in [0.1, 0.15) is 0 Å². The van der Waals surface area contributed by atoms with E-state index in [1.807, 2.05) is 0 Å². The molecule has 0 radical (unpaired) electrons. The molecule has 5 rings (SSSR count). The van der Waals surface area contributed by atoms with Gasteiger partial charge in [0.05, 0.1) is 21.3 Å². The van der Waals surface area contributed by atoms with E-state index >= 15 is 0 Å². The van der Waals surface area contributed by atoms with Gasteiger partial charge in [-0.25, -0.2) is 0 Å². The molecule has 0 aromatic heterocycles. The Morgan fingerprint density at radius 3 is 1.79 bits per heavy atom. The molecule has 4 bridgehead atoms. The van der Waals surface area contributed by atoms with Crippen LogP contribution in [0.1, 0.15) is 44.1 Å². The molecule has 4 aliphatic rings. The third-order valence-corrected chi connectivity index (χ3v) is 6.43. The van der Waals surface area contributed by atoms with Crippen molar-refractivity contribution in [2.75, 3.05) is 21.3 Å². The van der Waals surface area contributed by atoms with Crippen molar-refractivity contribution in [3.8, 4) is 17.2 Å². The van der Waals surface area contributed by atoms with Crippen LogP contribution in [0.15, 0.2) is 12.1 Å². The summed E-state index contributed by atoms with van der Waals surface area (Å²) in [6.45, 7) is 0.864. The van der Waals surface area contributed by atoms with E-state index in [2.05, 4.69) is 17.4 Å². The molecular weight excluding hydrogens is 302 g/mol.